The Balaban J connectivity index is 1.42. The van der Waals surface area contributed by atoms with E-state index in [1.165, 1.54) is 34.4 Å². The van der Waals surface area contributed by atoms with E-state index in [0.717, 1.165) is 35.5 Å². The molecule has 1 amide bonds. The first kappa shape index (κ1) is 18.4. The Labute approximate surface area is 177 Å². The average molecular weight is 424 g/mol. The van der Waals surface area contributed by atoms with Crippen LogP contribution in [-0.2, 0) is 0 Å². The van der Waals surface area contributed by atoms with Crippen molar-refractivity contribution in [3.05, 3.63) is 52.9 Å². The van der Waals surface area contributed by atoms with Crippen LogP contribution in [0.4, 0.5) is 5.13 Å². The molecule has 148 valence electrons. The van der Waals surface area contributed by atoms with Gasteiger partial charge in [-0.05, 0) is 42.5 Å². The van der Waals surface area contributed by atoms with Gasteiger partial charge in [-0.2, -0.15) is 0 Å². The normalized spacial score (nSPS) is 14.5. The van der Waals surface area contributed by atoms with Crippen LogP contribution in [-0.4, -0.2) is 22.6 Å². The zero-order chi connectivity index (χ0) is 19.8. The van der Waals surface area contributed by atoms with Gasteiger partial charge in [-0.15, -0.1) is 22.7 Å². The van der Waals surface area contributed by atoms with Gasteiger partial charge >= 0.3 is 0 Å². The van der Waals surface area contributed by atoms with Gasteiger partial charge in [0.25, 0.3) is 5.91 Å². The number of nitrogens with zero attached hydrogens (tertiary/aromatic N) is 2. The largest absolute Gasteiger partial charge is 0.497 e. The van der Waals surface area contributed by atoms with Gasteiger partial charge in [0.1, 0.15) is 11.4 Å². The molecule has 1 saturated carbocycles. The number of aromatic nitrogens is 2. The molecule has 29 heavy (non-hydrogen) atoms. The molecule has 7 heteroatoms. The zero-order valence-corrected chi connectivity index (χ0v) is 17.7. The summed E-state index contributed by atoms with van der Waals surface area (Å²) < 4.78 is 8.70. The Kier molecular flexibility index (Phi) is 4.85. The number of amides is 1. The van der Waals surface area contributed by atoms with E-state index in [4.69, 9.17) is 4.74 Å². The second-order valence-electron chi connectivity index (χ2n) is 7.23. The first-order chi connectivity index (χ1) is 14.2. The zero-order valence-electron chi connectivity index (χ0n) is 16.1. The van der Waals surface area contributed by atoms with E-state index < -0.39 is 0 Å². The topological polar surface area (TPSA) is 56.1 Å². The van der Waals surface area contributed by atoms with Gasteiger partial charge in [-0.3, -0.25) is 10.1 Å². The summed E-state index contributed by atoms with van der Waals surface area (Å²) in [5.74, 6) is 0.697. The minimum Gasteiger partial charge on any atom is -0.497 e. The molecule has 5 rings (SSSR count). The van der Waals surface area contributed by atoms with Crippen LogP contribution in [0.15, 0.2) is 47.2 Å². The Bertz CT molecular complexity index is 1170. The third-order valence-corrected chi connectivity index (χ3v) is 7.08. The average Bonchev–Trinajstić information content (AvgIpc) is 3.51. The maximum atomic E-state index is 13.1. The number of ether oxygens (including phenoxy) is 1. The standard InChI is InChI=1S/C22H21N3O2S2/c1-27-16-8-4-5-14(11-16)17-13-29-22(23-17)24-21(26)19-12-20-18(9-10-28-20)25(19)15-6-2-3-7-15/h4-5,8-13,15H,2-3,6-7H2,1H3,(H,23,24,26). The number of fused-ring (bicyclic) bond motifs is 1. The van der Waals surface area contributed by atoms with Crippen molar-refractivity contribution >= 4 is 43.9 Å². The van der Waals surface area contributed by atoms with Gasteiger partial charge in [0.15, 0.2) is 5.13 Å². The highest BCUT2D eigenvalue weighted by molar-refractivity contribution is 7.17. The highest BCUT2D eigenvalue weighted by atomic mass is 32.1. The van der Waals surface area contributed by atoms with Crippen molar-refractivity contribution in [2.24, 2.45) is 0 Å². The summed E-state index contributed by atoms with van der Waals surface area (Å²) >= 11 is 3.12. The number of thiophene rings is 1. The van der Waals surface area contributed by atoms with Gasteiger partial charge in [-0.1, -0.05) is 25.0 Å². The number of benzene rings is 1. The Morgan fingerprint density at radius 1 is 1.21 bits per heavy atom. The van der Waals surface area contributed by atoms with E-state index in [1.54, 1.807) is 18.4 Å². The Hall–Kier alpha value is -2.64. The van der Waals surface area contributed by atoms with E-state index >= 15 is 0 Å². The van der Waals surface area contributed by atoms with Crippen molar-refractivity contribution in [3.63, 3.8) is 0 Å². The molecule has 0 atom stereocenters. The number of rotatable bonds is 5. The van der Waals surface area contributed by atoms with Crippen LogP contribution in [0.25, 0.3) is 21.5 Å². The lowest BCUT2D eigenvalue weighted by molar-refractivity contribution is 0.101. The van der Waals surface area contributed by atoms with Crippen LogP contribution < -0.4 is 10.1 Å². The maximum absolute atomic E-state index is 13.1. The third-order valence-electron chi connectivity index (χ3n) is 5.47. The Morgan fingerprint density at radius 3 is 2.90 bits per heavy atom. The molecule has 1 N–H and O–H groups in total. The SMILES string of the molecule is COc1cccc(-c2csc(NC(=O)c3cc4sccc4n3C3CCCC3)n2)c1. The molecule has 0 bridgehead atoms. The van der Waals surface area contributed by atoms with Crippen molar-refractivity contribution in [2.75, 3.05) is 12.4 Å². The molecule has 1 aromatic carbocycles. The van der Waals surface area contributed by atoms with Crippen molar-refractivity contribution in [1.82, 2.24) is 9.55 Å². The van der Waals surface area contributed by atoms with Crippen molar-refractivity contribution in [2.45, 2.75) is 31.7 Å². The van der Waals surface area contributed by atoms with Crippen LogP contribution in [0.3, 0.4) is 0 Å². The smallest absolute Gasteiger partial charge is 0.274 e. The van der Waals surface area contributed by atoms with Crippen LogP contribution >= 0.6 is 22.7 Å². The van der Waals surface area contributed by atoms with Crippen LogP contribution in [0, 0.1) is 0 Å². The number of anilines is 1. The lowest BCUT2D eigenvalue weighted by atomic mass is 10.2. The second-order valence-corrected chi connectivity index (χ2v) is 9.04. The van der Waals surface area contributed by atoms with E-state index in [-0.39, 0.29) is 5.91 Å². The third kappa shape index (κ3) is 3.45. The minimum atomic E-state index is -0.0909. The minimum absolute atomic E-state index is 0.0909. The number of nitrogens with one attached hydrogen (secondary N) is 1. The molecule has 5 nitrogen and oxygen atoms in total. The molecule has 1 aliphatic carbocycles. The lowest BCUT2D eigenvalue weighted by Gasteiger charge is -2.16. The van der Waals surface area contributed by atoms with Crippen LogP contribution in [0.1, 0.15) is 42.2 Å². The molecule has 0 aliphatic heterocycles. The molecule has 4 aromatic rings. The lowest BCUT2D eigenvalue weighted by Crippen LogP contribution is -2.19. The van der Waals surface area contributed by atoms with Gasteiger partial charge < -0.3 is 9.30 Å². The van der Waals surface area contributed by atoms with Gasteiger partial charge in [0.05, 0.1) is 23.0 Å². The highest BCUT2D eigenvalue weighted by Gasteiger charge is 2.25. The van der Waals surface area contributed by atoms with E-state index in [0.29, 0.717) is 11.2 Å². The molecular weight excluding hydrogens is 402 g/mol. The number of methoxy groups -OCH3 is 1. The first-order valence-corrected chi connectivity index (χ1v) is 11.5. The summed E-state index contributed by atoms with van der Waals surface area (Å²) in [4.78, 5) is 17.7. The number of hydrogen-bond donors (Lipinski definition) is 1. The number of carbonyl (C=O) groups is 1. The molecule has 3 heterocycles. The summed E-state index contributed by atoms with van der Waals surface area (Å²) in [7, 11) is 1.65. The fourth-order valence-corrected chi connectivity index (χ4v) is 5.61. The summed E-state index contributed by atoms with van der Waals surface area (Å²) in [5, 5.41) is 7.67. The number of thiazole rings is 1. The van der Waals surface area contributed by atoms with Crippen LogP contribution in [0.2, 0.25) is 0 Å². The second kappa shape index (κ2) is 7.65. The molecule has 1 aliphatic rings. The molecule has 0 unspecified atom stereocenters. The summed E-state index contributed by atoms with van der Waals surface area (Å²) in [6, 6.07) is 12.3. The molecule has 1 fully saturated rings. The fourth-order valence-electron chi connectivity index (χ4n) is 4.08. The van der Waals surface area contributed by atoms with Crippen molar-refractivity contribution in [3.8, 4) is 17.0 Å². The molecular formula is C22H21N3O2S2. The van der Waals surface area contributed by atoms with E-state index in [1.807, 2.05) is 35.7 Å². The van der Waals surface area contributed by atoms with E-state index in [2.05, 4.69) is 26.3 Å². The monoisotopic (exact) mass is 423 g/mol. The fraction of sp³-hybridized carbons (Fsp3) is 0.273. The predicted molar refractivity (Wildman–Crippen MR) is 119 cm³/mol. The summed E-state index contributed by atoms with van der Waals surface area (Å²) in [5.41, 5.74) is 3.70. The predicted octanol–water partition coefficient (Wildman–Crippen LogP) is 6.20. The van der Waals surface area contributed by atoms with Crippen molar-refractivity contribution in [1.29, 1.82) is 0 Å². The molecule has 0 saturated heterocycles. The maximum Gasteiger partial charge on any atom is 0.274 e. The molecule has 0 radical (unpaired) electrons. The van der Waals surface area contributed by atoms with Crippen molar-refractivity contribution < 1.29 is 9.53 Å². The van der Waals surface area contributed by atoms with Crippen LogP contribution in [0.5, 0.6) is 5.75 Å². The molecule has 3 aromatic heterocycles. The van der Waals surface area contributed by atoms with Gasteiger partial charge in [0, 0.05) is 17.0 Å². The van der Waals surface area contributed by atoms with Gasteiger partial charge in [-0.25, -0.2) is 4.98 Å². The summed E-state index contributed by atoms with van der Waals surface area (Å²) in [6.45, 7) is 0. The number of carbonyl (C=O) groups excluding carboxylic acids is 1. The van der Waals surface area contributed by atoms with E-state index in [9.17, 15) is 4.79 Å². The summed E-state index contributed by atoms with van der Waals surface area (Å²) in [6.07, 6.45) is 4.73. The first-order valence-electron chi connectivity index (χ1n) is 9.72. The quantitative estimate of drug-likeness (QED) is 0.416. The Morgan fingerprint density at radius 2 is 2.07 bits per heavy atom. The molecule has 0 spiro atoms. The number of hydrogen-bond acceptors (Lipinski definition) is 5. The van der Waals surface area contributed by atoms with Gasteiger partial charge in [0.2, 0.25) is 0 Å². The highest BCUT2D eigenvalue weighted by Crippen LogP contribution is 2.37.